The number of rotatable bonds is 4. The maximum atomic E-state index is 13.4. The highest BCUT2D eigenvalue weighted by atomic mass is 79.9. The SMILES string of the molecule is O=S(=O)(NCC1(O)CCOCC1)c1ccc(Br)c(F)c1. The Bertz CT molecular complexity index is 587. The first kappa shape index (κ1) is 15.8. The molecule has 0 bridgehead atoms. The van der Waals surface area contributed by atoms with Gasteiger partial charge < -0.3 is 9.84 Å². The van der Waals surface area contributed by atoms with Crippen molar-refractivity contribution in [2.45, 2.75) is 23.3 Å². The lowest BCUT2D eigenvalue weighted by atomic mass is 9.95. The molecule has 5 nitrogen and oxygen atoms in total. The van der Waals surface area contributed by atoms with E-state index in [0.29, 0.717) is 26.1 Å². The van der Waals surface area contributed by atoms with Crippen LogP contribution in [0.5, 0.6) is 0 Å². The topological polar surface area (TPSA) is 75.6 Å². The van der Waals surface area contributed by atoms with Gasteiger partial charge in [-0.2, -0.15) is 0 Å². The van der Waals surface area contributed by atoms with E-state index in [4.69, 9.17) is 4.74 Å². The highest BCUT2D eigenvalue weighted by Crippen LogP contribution is 2.22. The van der Waals surface area contributed by atoms with E-state index in [0.717, 1.165) is 6.07 Å². The van der Waals surface area contributed by atoms with E-state index in [1.165, 1.54) is 12.1 Å². The number of hydrogen-bond acceptors (Lipinski definition) is 4. The minimum absolute atomic E-state index is 0.115. The molecule has 20 heavy (non-hydrogen) atoms. The van der Waals surface area contributed by atoms with Gasteiger partial charge in [-0.15, -0.1) is 0 Å². The van der Waals surface area contributed by atoms with Gasteiger partial charge in [0.2, 0.25) is 10.0 Å². The summed E-state index contributed by atoms with van der Waals surface area (Å²) < 4.78 is 45.1. The van der Waals surface area contributed by atoms with Gasteiger partial charge in [-0.05, 0) is 34.1 Å². The Hall–Kier alpha value is -0.540. The van der Waals surface area contributed by atoms with Crippen LogP contribution in [-0.4, -0.2) is 38.9 Å². The first-order valence-electron chi connectivity index (χ1n) is 6.07. The van der Waals surface area contributed by atoms with Crippen LogP contribution in [0.1, 0.15) is 12.8 Å². The second-order valence-corrected chi connectivity index (χ2v) is 7.36. The molecule has 0 atom stereocenters. The summed E-state index contributed by atoms with van der Waals surface area (Å²) in [5, 5.41) is 10.2. The Balaban J connectivity index is 2.09. The smallest absolute Gasteiger partial charge is 0.240 e. The number of ether oxygens (including phenoxy) is 1. The molecule has 1 heterocycles. The van der Waals surface area contributed by atoms with Crippen molar-refractivity contribution < 1.29 is 22.7 Å². The molecule has 0 amide bonds. The van der Waals surface area contributed by atoms with E-state index < -0.39 is 21.4 Å². The first-order valence-corrected chi connectivity index (χ1v) is 8.35. The largest absolute Gasteiger partial charge is 0.388 e. The molecule has 0 spiro atoms. The van der Waals surface area contributed by atoms with Gasteiger partial charge in [-0.1, -0.05) is 0 Å². The summed E-state index contributed by atoms with van der Waals surface area (Å²) in [6.45, 7) is 0.673. The van der Waals surface area contributed by atoms with Gasteiger partial charge in [0.25, 0.3) is 0 Å². The van der Waals surface area contributed by atoms with E-state index in [1.807, 2.05) is 0 Å². The zero-order valence-corrected chi connectivity index (χ0v) is 13.0. The lowest BCUT2D eigenvalue weighted by Crippen LogP contribution is -2.46. The summed E-state index contributed by atoms with van der Waals surface area (Å²) in [7, 11) is -3.85. The molecule has 2 N–H and O–H groups in total. The predicted molar refractivity (Wildman–Crippen MR) is 74.3 cm³/mol. The standard InChI is InChI=1S/C12H15BrFNO4S/c13-10-2-1-9(7-11(10)14)20(17,18)15-8-12(16)3-5-19-6-4-12/h1-2,7,15-16H,3-6,8H2. The number of hydrogen-bond donors (Lipinski definition) is 2. The molecule has 1 fully saturated rings. The third-order valence-electron chi connectivity index (χ3n) is 3.22. The molecule has 112 valence electrons. The fourth-order valence-corrected chi connectivity index (χ4v) is 3.26. The third kappa shape index (κ3) is 3.76. The van der Waals surface area contributed by atoms with Crippen LogP contribution in [0.4, 0.5) is 4.39 Å². The molecule has 0 saturated carbocycles. The van der Waals surface area contributed by atoms with Crippen LogP contribution in [-0.2, 0) is 14.8 Å². The van der Waals surface area contributed by atoms with Crippen molar-refractivity contribution in [1.29, 1.82) is 0 Å². The highest BCUT2D eigenvalue weighted by Gasteiger charge is 2.31. The van der Waals surface area contributed by atoms with Gasteiger partial charge >= 0.3 is 0 Å². The van der Waals surface area contributed by atoms with Gasteiger partial charge in [0, 0.05) is 32.6 Å². The molecule has 0 aliphatic carbocycles. The highest BCUT2D eigenvalue weighted by molar-refractivity contribution is 9.10. The molecule has 0 radical (unpaired) electrons. The van der Waals surface area contributed by atoms with Gasteiger partial charge in [-0.3, -0.25) is 0 Å². The summed E-state index contributed by atoms with van der Waals surface area (Å²) in [6.07, 6.45) is 0.731. The molecule has 1 aliphatic heterocycles. The molecule has 0 aromatic heterocycles. The zero-order valence-electron chi connectivity index (χ0n) is 10.6. The molecule has 1 aromatic rings. The van der Waals surface area contributed by atoms with Crippen molar-refractivity contribution in [3.05, 3.63) is 28.5 Å². The molecule has 0 unspecified atom stereocenters. The summed E-state index contributed by atoms with van der Waals surface area (Å²) >= 11 is 2.96. The molecule has 1 saturated heterocycles. The Morgan fingerprint density at radius 3 is 2.65 bits per heavy atom. The number of aliphatic hydroxyl groups is 1. The molecular formula is C12H15BrFNO4S. The number of sulfonamides is 1. The summed E-state index contributed by atoms with van der Waals surface area (Å²) in [4.78, 5) is -0.172. The van der Waals surface area contributed by atoms with Gasteiger partial charge in [0.05, 0.1) is 15.0 Å². The van der Waals surface area contributed by atoms with Crippen molar-refractivity contribution in [2.75, 3.05) is 19.8 Å². The van der Waals surface area contributed by atoms with Gasteiger partial charge in [0.15, 0.2) is 0 Å². The molecule has 1 aromatic carbocycles. The van der Waals surface area contributed by atoms with Crippen molar-refractivity contribution in [3.63, 3.8) is 0 Å². The van der Waals surface area contributed by atoms with E-state index >= 15 is 0 Å². The van der Waals surface area contributed by atoms with Crippen LogP contribution < -0.4 is 4.72 Å². The fraction of sp³-hybridized carbons (Fsp3) is 0.500. The van der Waals surface area contributed by atoms with E-state index in [-0.39, 0.29) is 15.9 Å². The normalized spacial score (nSPS) is 18.9. The van der Waals surface area contributed by atoms with Crippen LogP contribution in [0.15, 0.2) is 27.6 Å². The maximum absolute atomic E-state index is 13.4. The van der Waals surface area contributed by atoms with Crippen molar-refractivity contribution in [2.24, 2.45) is 0 Å². The minimum Gasteiger partial charge on any atom is -0.388 e. The fourth-order valence-electron chi connectivity index (χ4n) is 1.88. The van der Waals surface area contributed by atoms with Gasteiger partial charge in [0.1, 0.15) is 5.82 Å². The predicted octanol–water partition coefficient (Wildman–Crippen LogP) is 1.41. The first-order chi connectivity index (χ1) is 9.32. The zero-order chi connectivity index (χ0) is 14.8. The molecular weight excluding hydrogens is 353 g/mol. The molecule has 1 aliphatic rings. The monoisotopic (exact) mass is 367 g/mol. The quantitative estimate of drug-likeness (QED) is 0.843. The van der Waals surface area contributed by atoms with Crippen LogP contribution in [0.2, 0.25) is 0 Å². The second kappa shape index (κ2) is 6.07. The van der Waals surface area contributed by atoms with E-state index in [9.17, 15) is 17.9 Å². The minimum atomic E-state index is -3.85. The van der Waals surface area contributed by atoms with Crippen LogP contribution in [0.3, 0.4) is 0 Å². The Kier molecular flexibility index (Phi) is 4.80. The lowest BCUT2D eigenvalue weighted by Gasteiger charge is -2.31. The summed E-state index contributed by atoms with van der Waals surface area (Å²) in [5.41, 5.74) is -1.11. The number of nitrogens with one attached hydrogen (secondary N) is 1. The van der Waals surface area contributed by atoms with E-state index in [1.54, 1.807) is 0 Å². The van der Waals surface area contributed by atoms with Crippen LogP contribution in [0, 0.1) is 5.82 Å². The third-order valence-corrected chi connectivity index (χ3v) is 5.26. The molecule has 8 heteroatoms. The lowest BCUT2D eigenvalue weighted by molar-refractivity contribution is -0.0588. The average molecular weight is 368 g/mol. The van der Waals surface area contributed by atoms with Crippen molar-refractivity contribution in [1.82, 2.24) is 4.72 Å². The summed E-state index contributed by atoms with van der Waals surface area (Å²) in [6, 6.07) is 3.55. The molecule has 2 rings (SSSR count). The summed E-state index contributed by atoms with van der Waals surface area (Å²) in [5.74, 6) is -0.655. The van der Waals surface area contributed by atoms with Crippen molar-refractivity contribution in [3.8, 4) is 0 Å². The van der Waals surface area contributed by atoms with Crippen molar-refractivity contribution >= 4 is 26.0 Å². The average Bonchev–Trinajstić information content (AvgIpc) is 2.41. The maximum Gasteiger partial charge on any atom is 0.240 e. The Labute approximate surface area is 125 Å². The van der Waals surface area contributed by atoms with Crippen LogP contribution in [0.25, 0.3) is 0 Å². The Morgan fingerprint density at radius 2 is 2.05 bits per heavy atom. The number of halogens is 2. The van der Waals surface area contributed by atoms with Gasteiger partial charge in [-0.25, -0.2) is 17.5 Å². The van der Waals surface area contributed by atoms with E-state index in [2.05, 4.69) is 20.7 Å². The Morgan fingerprint density at radius 1 is 1.40 bits per heavy atom. The van der Waals surface area contributed by atoms with Crippen LogP contribution >= 0.6 is 15.9 Å². The second-order valence-electron chi connectivity index (χ2n) is 4.74. The number of benzene rings is 1.